The maximum absolute atomic E-state index is 12.6. The van der Waals surface area contributed by atoms with E-state index < -0.39 is 0 Å². The van der Waals surface area contributed by atoms with Gasteiger partial charge in [0.15, 0.2) is 0 Å². The number of methoxy groups -OCH3 is 1. The number of aliphatic hydroxyl groups excluding tert-OH is 1. The predicted octanol–water partition coefficient (Wildman–Crippen LogP) is 5.12. The number of hydrogen-bond donors (Lipinski definition) is 2. The minimum Gasteiger partial charge on any atom is -0.495 e. The number of rotatable bonds is 5. The lowest BCUT2D eigenvalue weighted by atomic mass is 10.1. The summed E-state index contributed by atoms with van der Waals surface area (Å²) in [5.41, 5.74) is 1.56. The number of furan rings is 1. The number of nitrogens with one attached hydrogen (secondary N) is 1. The van der Waals surface area contributed by atoms with Gasteiger partial charge in [-0.15, -0.1) is 0 Å². The van der Waals surface area contributed by atoms with Crippen LogP contribution >= 0.6 is 27.5 Å². The molecule has 0 saturated carbocycles. The van der Waals surface area contributed by atoms with Crippen LogP contribution in [0.3, 0.4) is 0 Å². The van der Waals surface area contributed by atoms with Crippen molar-refractivity contribution in [2.75, 3.05) is 12.4 Å². The second-order valence-electron chi connectivity index (χ2n) is 5.42. The zero-order valence-electron chi connectivity index (χ0n) is 13.8. The van der Waals surface area contributed by atoms with E-state index in [2.05, 4.69) is 21.2 Å². The quantitative estimate of drug-likeness (QED) is 0.582. The first kappa shape index (κ1) is 18.5. The van der Waals surface area contributed by atoms with Crippen LogP contribution in [-0.4, -0.2) is 18.1 Å². The van der Waals surface area contributed by atoms with E-state index in [-0.39, 0.29) is 12.5 Å². The lowest BCUT2D eigenvalue weighted by Gasteiger charge is -2.12. The van der Waals surface area contributed by atoms with Crippen molar-refractivity contribution in [2.45, 2.75) is 6.61 Å². The average Bonchev–Trinajstić information content (AvgIpc) is 3.13. The molecule has 2 N–H and O–H groups in total. The van der Waals surface area contributed by atoms with Crippen molar-refractivity contribution >= 4 is 39.1 Å². The summed E-state index contributed by atoms with van der Waals surface area (Å²) in [4.78, 5) is 12.6. The number of hydrogen-bond acceptors (Lipinski definition) is 4. The molecule has 134 valence electrons. The van der Waals surface area contributed by atoms with E-state index in [1.807, 2.05) is 0 Å². The monoisotopic (exact) mass is 435 g/mol. The molecule has 0 fully saturated rings. The largest absolute Gasteiger partial charge is 0.495 e. The lowest BCUT2D eigenvalue weighted by Crippen LogP contribution is -2.13. The van der Waals surface area contributed by atoms with E-state index in [0.29, 0.717) is 33.5 Å². The minimum atomic E-state index is -0.359. The molecule has 0 aliphatic heterocycles. The third-order valence-electron chi connectivity index (χ3n) is 3.72. The van der Waals surface area contributed by atoms with Crippen LogP contribution in [0.25, 0.3) is 11.3 Å². The Hall–Kier alpha value is -2.28. The summed E-state index contributed by atoms with van der Waals surface area (Å²) >= 11 is 9.46. The maximum Gasteiger partial charge on any atom is 0.257 e. The fraction of sp³-hybridized carbons (Fsp3) is 0.105. The van der Waals surface area contributed by atoms with Gasteiger partial charge in [-0.1, -0.05) is 27.5 Å². The standard InChI is InChI=1S/C19H15BrClNO4/c1-25-18-6-2-11(17-7-4-13(10-23)26-17)8-16(18)22-19(24)14-9-12(20)3-5-15(14)21/h2-9,23H,10H2,1H3,(H,22,24). The topological polar surface area (TPSA) is 71.7 Å². The van der Waals surface area contributed by atoms with Gasteiger partial charge < -0.3 is 19.6 Å². The van der Waals surface area contributed by atoms with Crippen LogP contribution in [0.2, 0.25) is 5.02 Å². The highest BCUT2D eigenvalue weighted by Crippen LogP contribution is 2.32. The summed E-state index contributed by atoms with van der Waals surface area (Å²) < 4.78 is 11.6. The van der Waals surface area contributed by atoms with E-state index >= 15 is 0 Å². The number of amides is 1. The molecule has 5 nitrogen and oxygen atoms in total. The number of carbonyl (C=O) groups is 1. The summed E-state index contributed by atoms with van der Waals surface area (Å²) in [6.07, 6.45) is 0. The van der Waals surface area contributed by atoms with Crippen molar-refractivity contribution in [3.63, 3.8) is 0 Å². The normalized spacial score (nSPS) is 10.6. The molecule has 0 saturated heterocycles. The van der Waals surface area contributed by atoms with Gasteiger partial charge in [-0.25, -0.2) is 0 Å². The fourth-order valence-electron chi connectivity index (χ4n) is 2.44. The zero-order valence-corrected chi connectivity index (χ0v) is 16.1. The van der Waals surface area contributed by atoms with Gasteiger partial charge >= 0.3 is 0 Å². The smallest absolute Gasteiger partial charge is 0.257 e. The summed E-state index contributed by atoms with van der Waals surface area (Å²) in [5.74, 6) is 1.18. The number of benzene rings is 2. The minimum absolute atomic E-state index is 0.179. The molecule has 3 aromatic rings. The Morgan fingerprint density at radius 1 is 1.23 bits per heavy atom. The summed E-state index contributed by atoms with van der Waals surface area (Å²) in [7, 11) is 1.52. The molecule has 1 amide bonds. The van der Waals surface area contributed by atoms with E-state index in [1.165, 1.54) is 7.11 Å². The Morgan fingerprint density at radius 2 is 2.04 bits per heavy atom. The highest BCUT2D eigenvalue weighted by Gasteiger charge is 2.15. The molecule has 0 radical (unpaired) electrons. The SMILES string of the molecule is COc1ccc(-c2ccc(CO)o2)cc1NC(=O)c1cc(Br)ccc1Cl. The van der Waals surface area contributed by atoms with Crippen molar-refractivity contribution in [2.24, 2.45) is 0 Å². The Bertz CT molecular complexity index is 954. The third kappa shape index (κ3) is 3.93. The number of anilines is 1. The summed E-state index contributed by atoms with van der Waals surface area (Å²) in [6.45, 7) is -0.179. The Kier molecular flexibility index (Phi) is 5.66. The Balaban J connectivity index is 1.94. The van der Waals surface area contributed by atoms with Gasteiger partial charge in [-0.3, -0.25) is 4.79 Å². The van der Waals surface area contributed by atoms with Crippen LogP contribution in [0.15, 0.2) is 57.4 Å². The number of carbonyl (C=O) groups excluding carboxylic acids is 1. The molecule has 26 heavy (non-hydrogen) atoms. The van der Waals surface area contributed by atoms with Crippen LogP contribution in [0.1, 0.15) is 16.1 Å². The number of aliphatic hydroxyl groups is 1. The van der Waals surface area contributed by atoms with Crippen molar-refractivity contribution in [1.29, 1.82) is 0 Å². The third-order valence-corrected chi connectivity index (χ3v) is 4.55. The fourth-order valence-corrected chi connectivity index (χ4v) is 3.00. The van der Waals surface area contributed by atoms with Gasteiger partial charge in [0.1, 0.15) is 23.9 Å². The highest BCUT2D eigenvalue weighted by molar-refractivity contribution is 9.10. The van der Waals surface area contributed by atoms with Crippen LogP contribution in [0.5, 0.6) is 5.75 Å². The summed E-state index contributed by atoms with van der Waals surface area (Å²) in [6, 6.07) is 13.8. The van der Waals surface area contributed by atoms with Crippen LogP contribution in [-0.2, 0) is 6.61 Å². The zero-order chi connectivity index (χ0) is 18.7. The van der Waals surface area contributed by atoms with Crippen LogP contribution in [0, 0.1) is 0 Å². The second-order valence-corrected chi connectivity index (χ2v) is 6.74. The van der Waals surface area contributed by atoms with Crippen LogP contribution in [0.4, 0.5) is 5.69 Å². The first-order valence-electron chi connectivity index (χ1n) is 7.66. The summed E-state index contributed by atoms with van der Waals surface area (Å²) in [5, 5.41) is 12.3. The predicted molar refractivity (Wildman–Crippen MR) is 104 cm³/mol. The highest BCUT2D eigenvalue weighted by atomic mass is 79.9. The van der Waals surface area contributed by atoms with Gasteiger partial charge in [-0.2, -0.15) is 0 Å². The van der Waals surface area contributed by atoms with Gasteiger partial charge in [0.05, 0.1) is 23.4 Å². The molecule has 0 unspecified atom stereocenters. The molecule has 0 atom stereocenters. The Labute approximate surface area is 163 Å². The van der Waals surface area contributed by atoms with E-state index in [4.69, 9.17) is 25.9 Å². The van der Waals surface area contributed by atoms with Crippen molar-refractivity contribution in [3.8, 4) is 17.1 Å². The van der Waals surface area contributed by atoms with Crippen LogP contribution < -0.4 is 10.1 Å². The molecule has 7 heteroatoms. The van der Waals surface area contributed by atoms with E-state index in [1.54, 1.807) is 48.5 Å². The van der Waals surface area contributed by atoms with Crippen molar-refractivity contribution < 1.29 is 19.1 Å². The van der Waals surface area contributed by atoms with Gasteiger partial charge in [-0.05, 0) is 48.5 Å². The first-order chi connectivity index (χ1) is 12.5. The van der Waals surface area contributed by atoms with Gasteiger partial charge in [0, 0.05) is 10.0 Å². The maximum atomic E-state index is 12.6. The van der Waals surface area contributed by atoms with E-state index in [9.17, 15) is 4.79 Å². The second kappa shape index (κ2) is 7.95. The van der Waals surface area contributed by atoms with Crippen molar-refractivity contribution in [1.82, 2.24) is 0 Å². The molecule has 2 aromatic carbocycles. The molecule has 0 aliphatic rings. The molecule has 3 rings (SSSR count). The van der Waals surface area contributed by atoms with E-state index in [0.717, 1.165) is 10.0 Å². The average molecular weight is 437 g/mol. The molecule has 1 aromatic heterocycles. The Morgan fingerprint density at radius 3 is 2.73 bits per heavy atom. The van der Waals surface area contributed by atoms with Crippen molar-refractivity contribution in [3.05, 3.63) is 69.3 Å². The molecule has 0 bridgehead atoms. The number of halogens is 2. The molecular formula is C19H15BrClNO4. The molecular weight excluding hydrogens is 422 g/mol. The van der Waals surface area contributed by atoms with Gasteiger partial charge in [0.2, 0.25) is 0 Å². The molecule has 1 heterocycles. The lowest BCUT2D eigenvalue weighted by molar-refractivity contribution is 0.102. The number of ether oxygens (including phenoxy) is 1. The first-order valence-corrected chi connectivity index (χ1v) is 8.83. The molecule has 0 aliphatic carbocycles. The van der Waals surface area contributed by atoms with Gasteiger partial charge in [0.25, 0.3) is 5.91 Å². The molecule has 0 spiro atoms.